The molecule has 0 aliphatic carbocycles. The zero-order valence-corrected chi connectivity index (χ0v) is 13.6. The summed E-state index contributed by atoms with van der Waals surface area (Å²) in [5.74, 6) is -0.128. The smallest absolute Gasteiger partial charge is 0.251 e. The number of nitrogens with two attached hydrogens (primary N) is 1. The largest absolute Gasteiger partial charge is 0.399 e. The van der Waals surface area contributed by atoms with Crippen LogP contribution in [0.25, 0.3) is 0 Å². The van der Waals surface area contributed by atoms with Gasteiger partial charge in [0.15, 0.2) is 0 Å². The van der Waals surface area contributed by atoms with Gasteiger partial charge in [-0.15, -0.1) is 12.4 Å². The average Bonchev–Trinajstić information content (AvgIpc) is 3.07. The van der Waals surface area contributed by atoms with Crippen LogP contribution in [0.2, 0.25) is 0 Å². The number of rotatable bonds is 4. The molecule has 23 heavy (non-hydrogen) atoms. The summed E-state index contributed by atoms with van der Waals surface area (Å²) < 4.78 is 5.79. The molecule has 1 aliphatic heterocycles. The van der Waals surface area contributed by atoms with Crippen molar-refractivity contribution in [3.63, 3.8) is 0 Å². The maximum absolute atomic E-state index is 12.5. The lowest BCUT2D eigenvalue weighted by Gasteiger charge is -2.25. The minimum atomic E-state index is -0.141. The molecule has 2 aromatic rings. The van der Waals surface area contributed by atoms with Crippen molar-refractivity contribution in [2.75, 3.05) is 12.3 Å². The summed E-state index contributed by atoms with van der Waals surface area (Å²) in [5.41, 5.74) is 7.97. The predicted molar refractivity (Wildman–Crippen MR) is 93.7 cm³/mol. The van der Waals surface area contributed by atoms with Gasteiger partial charge >= 0.3 is 0 Å². The lowest BCUT2D eigenvalue weighted by atomic mass is 9.99. The molecule has 0 bridgehead atoms. The number of halogens is 1. The highest BCUT2D eigenvalue weighted by molar-refractivity contribution is 5.95. The zero-order valence-electron chi connectivity index (χ0n) is 12.8. The third-order valence-corrected chi connectivity index (χ3v) is 3.93. The number of ether oxygens (including phenoxy) is 1. The molecule has 0 spiro atoms. The average molecular weight is 333 g/mol. The van der Waals surface area contributed by atoms with E-state index < -0.39 is 0 Å². The summed E-state index contributed by atoms with van der Waals surface area (Å²) in [6, 6.07) is 16.8. The molecule has 2 aromatic carbocycles. The van der Waals surface area contributed by atoms with E-state index in [2.05, 4.69) is 5.32 Å². The van der Waals surface area contributed by atoms with Crippen molar-refractivity contribution in [1.82, 2.24) is 5.32 Å². The molecular formula is C18H21ClN2O2. The first kappa shape index (κ1) is 17.3. The third kappa shape index (κ3) is 4.24. The molecule has 1 fully saturated rings. The molecular weight excluding hydrogens is 312 g/mol. The first-order chi connectivity index (χ1) is 10.7. The summed E-state index contributed by atoms with van der Waals surface area (Å²) in [6.07, 6.45) is 2.01. The number of hydrogen-bond acceptors (Lipinski definition) is 3. The maximum atomic E-state index is 12.5. The van der Waals surface area contributed by atoms with Crippen LogP contribution < -0.4 is 11.1 Å². The molecule has 0 saturated carbocycles. The highest BCUT2D eigenvalue weighted by atomic mass is 35.5. The van der Waals surface area contributed by atoms with Gasteiger partial charge in [-0.1, -0.05) is 36.4 Å². The van der Waals surface area contributed by atoms with Crippen LogP contribution in [0.15, 0.2) is 54.6 Å². The predicted octanol–water partition coefficient (Wildman–Crippen LogP) is 3.34. The van der Waals surface area contributed by atoms with Crippen molar-refractivity contribution in [2.24, 2.45) is 0 Å². The van der Waals surface area contributed by atoms with Crippen LogP contribution in [0.5, 0.6) is 0 Å². The number of nitrogen functional groups attached to an aromatic ring is 1. The number of anilines is 1. The van der Waals surface area contributed by atoms with Crippen molar-refractivity contribution in [3.8, 4) is 0 Å². The van der Waals surface area contributed by atoms with Gasteiger partial charge in [0.1, 0.15) is 0 Å². The molecule has 2 unspecified atom stereocenters. The second-order valence-corrected chi connectivity index (χ2v) is 5.54. The Bertz CT molecular complexity index is 642. The van der Waals surface area contributed by atoms with Gasteiger partial charge in [-0.2, -0.15) is 0 Å². The van der Waals surface area contributed by atoms with Crippen molar-refractivity contribution in [2.45, 2.75) is 25.0 Å². The SMILES string of the molecule is Cl.Nc1cccc(C(=O)NC(c2ccccc2)C2CCCO2)c1. The zero-order chi connectivity index (χ0) is 15.4. The van der Waals surface area contributed by atoms with E-state index in [1.807, 2.05) is 30.3 Å². The van der Waals surface area contributed by atoms with E-state index in [0.717, 1.165) is 25.0 Å². The molecule has 1 aliphatic rings. The Hall–Kier alpha value is -2.04. The Morgan fingerprint density at radius 1 is 1.17 bits per heavy atom. The quantitative estimate of drug-likeness (QED) is 0.844. The number of amides is 1. The number of hydrogen-bond donors (Lipinski definition) is 2. The Labute approximate surface area is 142 Å². The molecule has 1 saturated heterocycles. The van der Waals surface area contributed by atoms with Gasteiger partial charge in [-0.25, -0.2) is 0 Å². The molecule has 3 rings (SSSR count). The molecule has 1 amide bonds. The van der Waals surface area contributed by atoms with E-state index in [4.69, 9.17) is 10.5 Å². The van der Waals surface area contributed by atoms with Gasteiger partial charge in [-0.05, 0) is 36.6 Å². The third-order valence-electron chi connectivity index (χ3n) is 3.93. The Balaban J connectivity index is 0.00000192. The van der Waals surface area contributed by atoms with Gasteiger partial charge in [0, 0.05) is 17.9 Å². The Morgan fingerprint density at radius 3 is 2.61 bits per heavy atom. The second-order valence-electron chi connectivity index (χ2n) is 5.54. The number of carbonyl (C=O) groups is 1. The molecule has 4 nitrogen and oxygen atoms in total. The van der Waals surface area contributed by atoms with E-state index in [-0.39, 0.29) is 30.5 Å². The summed E-state index contributed by atoms with van der Waals surface area (Å²) in [5, 5.41) is 3.10. The van der Waals surface area contributed by atoms with Crippen molar-refractivity contribution in [1.29, 1.82) is 0 Å². The fourth-order valence-electron chi connectivity index (χ4n) is 2.82. The normalized spacial score (nSPS) is 18.0. The van der Waals surface area contributed by atoms with E-state index in [1.165, 1.54) is 0 Å². The summed E-state index contributed by atoms with van der Waals surface area (Å²) in [4.78, 5) is 12.5. The van der Waals surface area contributed by atoms with Gasteiger partial charge in [0.25, 0.3) is 5.91 Å². The summed E-state index contributed by atoms with van der Waals surface area (Å²) in [6.45, 7) is 0.752. The van der Waals surface area contributed by atoms with Crippen LogP contribution >= 0.6 is 12.4 Å². The topological polar surface area (TPSA) is 64.4 Å². The van der Waals surface area contributed by atoms with Crippen LogP contribution in [-0.2, 0) is 4.74 Å². The number of nitrogens with one attached hydrogen (secondary N) is 1. The van der Waals surface area contributed by atoms with E-state index >= 15 is 0 Å². The van der Waals surface area contributed by atoms with Gasteiger partial charge in [0.05, 0.1) is 12.1 Å². The molecule has 0 aromatic heterocycles. The lowest BCUT2D eigenvalue weighted by Crippen LogP contribution is -2.36. The lowest BCUT2D eigenvalue weighted by molar-refractivity contribution is 0.0672. The van der Waals surface area contributed by atoms with Gasteiger partial charge in [0.2, 0.25) is 0 Å². The van der Waals surface area contributed by atoms with Crippen molar-refractivity contribution in [3.05, 3.63) is 65.7 Å². The van der Waals surface area contributed by atoms with Crippen LogP contribution in [0, 0.1) is 0 Å². The molecule has 0 radical (unpaired) electrons. The van der Waals surface area contributed by atoms with E-state index in [0.29, 0.717) is 11.3 Å². The molecule has 2 atom stereocenters. The summed E-state index contributed by atoms with van der Waals surface area (Å²) >= 11 is 0. The van der Waals surface area contributed by atoms with Crippen molar-refractivity contribution < 1.29 is 9.53 Å². The molecule has 122 valence electrons. The van der Waals surface area contributed by atoms with Crippen LogP contribution in [0.3, 0.4) is 0 Å². The minimum Gasteiger partial charge on any atom is -0.399 e. The summed E-state index contributed by atoms with van der Waals surface area (Å²) in [7, 11) is 0. The minimum absolute atomic E-state index is 0. The van der Waals surface area contributed by atoms with Crippen LogP contribution in [0.4, 0.5) is 5.69 Å². The monoisotopic (exact) mass is 332 g/mol. The number of carbonyl (C=O) groups excluding carboxylic acids is 1. The van der Waals surface area contributed by atoms with Crippen LogP contribution in [-0.4, -0.2) is 18.6 Å². The van der Waals surface area contributed by atoms with E-state index in [9.17, 15) is 4.79 Å². The molecule has 5 heteroatoms. The van der Waals surface area contributed by atoms with Crippen molar-refractivity contribution >= 4 is 24.0 Å². The molecule has 3 N–H and O–H groups in total. The highest BCUT2D eigenvalue weighted by Gasteiger charge is 2.28. The first-order valence-electron chi connectivity index (χ1n) is 7.57. The fraction of sp³-hybridized carbons (Fsp3) is 0.278. The van der Waals surface area contributed by atoms with Gasteiger partial charge in [-0.3, -0.25) is 4.79 Å². The highest BCUT2D eigenvalue weighted by Crippen LogP contribution is 2.27. The Morgan fingerprint density at radius 2 is 1.96 bits per heavy atom. The Kier molecular flexibility index (Phi) is 6.02. The second kappa shape index (κ2) is 7.99. The number of benzene rings is 2. The van der Waals surface area contributed by atoms with Crippen LogP contribution in [0.1, 0.15) is 34.8 Å². The van der Waals surface area contributed by atoms with E-state index in [1.54, 1.807) is 24.3 Å². The maximum Gasteiger partial charge on any atom is 0.251 e. The first-order valence-corrected chi connectivity index (χ1v) is 7.57. The molecule has 1 heterocycles. The standard InChI is InChI=1S/C18H20N2O2.ClH/c19-15-9-4-8-14(12-15)18(21)20-17(16-10-5-11-22-16)13-6-2-1-3-7-13;/h1-4,6-9,12,16-17H,5,10-11,19H2,(H,20,21);1H. The van der Waals surface area contributed by atoms with Gasteiger partial charge < -0.3 is 15.8 Å². The fourth-order valence-corrected chi connectivity index (χ4v) is 2.82.